The Balaban J connectivity index is 1.73. The molecule has 0 spiro atoms. The molecule has 0 unspecified atom stereocenters. The molecule has 180 valence electrons. The quantitative estimate of drug-likeness (QED) is 0.417. The molecule has 0 atom stereocenters. The Morgan fingerprint density at radius 3 is 2.24 bits per heavy atom. The minimum absolute atomic E-state index is 0.0924. The van der Waals surface area contributed by atoms with Gasteiger partial charge in [0.25, 0.3) is 11.8 Å². The molecule has 1 amide bonds. The van der Waals surface area contributed by atoms with Gasteiger partial charge >= 0.3 is 0 Å². The number of benzene rings is 3. The van der Waals surface area contributed by atoms with Crippen LogP contribution in [-0.2, 0) is 15.9 Å². The highest BCUT2D eigenvalue weighted by Crippen LogP contribution is 2.32. The number of anilines is 1. The van der Waals surface area contributed by atoms with Crippen molar-refractivity contribution in [1.29, 1.82) is 0 Å². The third kappa shape index (κ3) is 6.85. The van der Waals surface area contributed by atoms with Crippen LogP contribution in [0.4, 0.5) is 14.5 Å². The monoisotopic (exact) mass is 488 g/mol. The molecule has 34 heavy (non-hydrogen) atoms. The predicted molar refractivity (Wildman–Crippen MR) is 129 cm³/mol. The van der Waals surface area contributed by atoms with Crippen LogP contribution in [0.2, 0.25) is 0 Å². The number of nitrogens with one attached hydrogen (secondary N) is 2. The highest BCUT2D eigenvalue weighted by Gasteiger charge is 2.24. The van der Waals surface area contributed by atoms with Crippen LogP contribution in [0.5, 0.6) is 5.75 Å². The smallest absolute Gasteiger partial charge is 0.270 e. The Morgan fingerprint density at radius 2 is 1.65 bits per heavy atom. The molecule has 0 aromatic heterocycles. The highest BCUT2D eigenvalue weighted by molar-refractivity contribution is 7.88. The molecule has 0 heterocycles. The summed E-state index contributed by atoms with van der Waals surface area (Å²) in [7, 11) is -3.27. The molecular formula is C25H26F2N2O4S. The van der Waals surface area contributed by atoms with Crippen LogP contribution in [0.15, 0.2) is 66.7 Å². The first kappa shape index (κ1) is 25.3. The summed E-state index contributed by atoms with van der Waals surface area (Å²) >= 11 is 0. The number of amides is 1. The molecule has 6 nitrogen and oxygen atoms in total. The standard InChI is InChI=1S/C25H26F2N2O4S/c1-17-5-4-6-22(23(17)18-7-9-19(10-8-18)25(2,26)27)24(30)29-20-11-13-21(14-12-20)33-16-15-28-34(3,31)32/h4-14,28H,15-16H2,1-3H3,(H,29,30). The van der Waals surface area contributed by atoms with Crippen molar-refractivity contribution in [3.8, 4) is 16.9 Å². The number of alkyl halides is 2. The van der Waals surface area contributed by atoms with Crippen molar-refractivity contribution >= 4 is 21.6 Å². The van der Waals surface area contributed by atoms with E-state index in [1.54, 1.807) is 48.5 Å². The van der Waals surface area contributed by atoms with Crippen molar-refractivity contribution < 1.29 is 26.7 Å². The van der Waals surface area contributed by atoms with Crippen LogP contribution < -0.4 is 14.8 Å². The van der Waals surface area contributed by atoms with Gasteiger partial charge in [0.05, 0.1) is 6.26 Å². The molecule has 3 aromatic rings. The third-order valence-corrected chi connectivity index (χ3v) is 5.77. The van der Waals surface area contributed by atoms with E-state index in [9.17, 15) is 22.0 Å². The van der Waals surface area contributed by atoms with E-state index in [1.807, 2.05) is 13.0 Å². The van der Waals surface area contributed by atoms with Crippen molar-refractivity contribution in [3.63, 3.8) is 0 Å². The van der Waals surface area contributed by atoms with Crippen LogP contribution in [0.1, 0.15) is 28.4 Å². The third-order valence-electron chi connectivity index (χ3n) is 5.05. The lowest BCUT2D eigenvalue weighted by Gasteiger charge is -2.15. The van der Waals surface area contributed by atoms with Crippen LogP contribution in [0, 0.1) is 6.92 Å². The summed E-state index contributed by atoms with van der Waals surface area (Å²) < 4.78 is 57.1. The molecule has 0 aliphatic carbocycles. The van der Waals surface area contributed by atoms with Gasteiger partial charge in [0.1, 0.15) is 12.4 Å². The Bertz CT molecular complexity index is 1250. The molecule has 0 saturated carbocycles. The molecule has 9 heteroatoms. The second kappa shape index (κ2) is 10.3. The fraction of sp³-hybridized carbons (Fsp3) is 0.240. The summed E-state index contributed by atoms with van der Waals surface area (Å²) in [6, 6.07) is 17.9. The zero-order valence-corrected chi connectivity index (χ0v) is 19.9. The molecule has 0 saturated heterocycles. The second-order valence-corrected chi connectivity index (χ2v) is 9.79. The van der Waals surface area contributed by atoms with Gasteiger partial charge in [0, 0.05) is 30.3 Å². The van der Waals surface area contributed by atoms with E-state index in [1.165, 1.54) is 12.1 Å². The van der Waals surface area contributed by atoms with Crippen molar-refractivity contribution in [2.24, 2.45) is 0 Å². The number of rotatable bonds is 9. The van der Waals surface area contributed by atoms with Crippen LogP contribution >= 0.6 is 0 Å². The summed E-state index contributed by atoms with van der Waals surface area (Å²) in [5, 5.41) is 2.84. The Hall–Kier alpha value is -3.30. The Kier molecular flexibility index (Phi) is 7.68. The van der Waals surface area contributed by atoms with Gasteiger partial charge in [-0.15, -0.1) is 0 Å². The van der Waals surface area contributed by atoms with E-state index >= 15 is 0 Å². The van der Waals surface area contributed by atoms with E-state index in [4.69, 9.17) is 4.74 Å². The van der Waals surface area contributed by atoms with Gasteiger partial charge in [-0.3, -0.25) is 4.79 Å². The number of ether oxygens (including phenoxy) is 1. The van der Waals surface area contributed by atoms with E-state index in [2.05, 4.69) is 10.0 Å². The number of hydrogen-bond acceptors (Lipinski definition) is 4. The normalized spacial score (nSPS) is 11.8. The van der Waals surface area contributed by atoms with E-state index < -0.39 is 15.9 Å². The fourth-order valence-electron chi connectivity index (χ4n) is 3.40. The number of hydrogen-bond donors (Lipinski definition) is 2. The molecule has 0 fully saturated rings. The van der Waals surface area contributed by atoms with Gasteiger partial charge < -0.3 is 10.1 Å². The highest BCUT2D eigenvalue weighted by atomic mass is 32.2. The van der Waals surface area contributed by atoms with Gasteiger partial charge in [0.15, 0.2) is 0 Å². The van der Waals surface area contributed by atoms with Crippen molar-refractivity contribution in [2.75, 3.05) is 24.7 Å². The van der Waals surface area contributed by atoms with Gasteiger partial charge in [-0.25, -0.2) is 21.9 Å². The van der Waals surface area contributed by atoms with Crippen molar-refractivity contribution in [3.05, 3.63) is 83.4 Å². The largest absolute Gasteiger partial charge is 0.492 e. The zero-order chi connectivity index (χ0) is 24.9. The lowest BCUT2D eigenvalue weighted by atomic mass is 9.93. The van der Waals surface area contributed by atoms with Crippen LogP contribution in [-0.4, -0.2) is 33.7 Å². The average Bonchev–Trinajstić information content (AvgIpc) is 2.76. The number of halogens is 2. The van der Waals surface area contributed by atoms with E-state index in [0.29, 0.717) is 28.1 Å². The van der Waals surface area contributed by atoms with Gasteiger partial charge in [-0.1, -0.05) is 36.4 Å². The summed E-state index contributed by atoms with van der Waals surface area (Å²) in [4.78, 5) is 13.0. The maximum absolute atomic E-state index is 13.6. The topological polar surface area (TPSA) is 84.5 Å². The number of carbonyl (C=O) groups excluding carboxylic acids is 1. The molecule has 0 aliphatic rings. The number of aryl methyl sites for hydroxylation is 1. The minimum atomic E-state index is -3.27. The van der Waals surface area contributed by atoms with Crippen LogP contribution in [0.25, 0.3) is 11.1 Å². The maximum Gasteiger partial charge on any atom is 0.270 e. The van der Waals surface area contributed by atoms with Crippen molar-refractivity contribution in [2.45, 2.75) is 19.8 Å². The Morgan fingerprint density at radius 1 is 1.00 bits per heavy atom. The summed E-state index contributed by atoms with van der Waals surface area (Å²) in [6.07, 6.45) is 1.07. The second-order valence-electron chi connectivity index (χ2n) is 7.96. The summed E-state index contributed by atoms with van der Waals surface area (Å²) in [6.45, 7) is 3.01. The molecule has 3 aromatic carbocycles. The lowest BCUT2D eigenvalue weighted by Crippen LogP contribution is -2.26. The molecular weight excluding hydrogens is 462 g/mol. The SMILES string of the molecule is Cc1cccc(C(=O)Nc2ccc(OCCNS(C)(=O)=O)cc2)c1-c1ccc(C(C)(F)F)cc1. The van der Waals surface area contributed by atoms with Gasteiger partial charge in [-0.2, -0.15) is 0 Å². The van der Waals surface area contributed by atoms with E-state index in [-0.39, 0.29) is 24.6 Å². The predicted octanol–water partition coefficient (Wildman–Crippen LogP) is 4.95. The van der Waals surface area contributed by atoms with Crippen molar-refractivity contribution in [1.82, 2.24) is 4.72 Å². The average molecular weight is 489 g/mol. The first-order chi connectivity index (χ1) is 15.9. The van der Waals surface area contributed by atoms with Gasteiger partial charge in [0.2, 0.25) is 10.0 Å². The number of sulfonamides is 1. The molecule has 0 radical (unpaired) electrons. The van der Waals surface area contributed by atoms with E-state index in [0.717, 1.165) is 18.7 Å². The minimum Gasteiger partial charge on any atom is -0.492 e. The maximum atomic E-state index is 13.6. The summed E-state index contributed by atoms with van der Waals surface area (Å²) in [5.41, 5.74) is 3.05. The molecule has 3 rings (SSSR count). The first-order valence-corrected chi connectivity index (χ1v) is 12.4. The Labute approximate surface area is 198 Å². The first-order valence-electron chi connectivity index (χ1n) is 10.5. The zero-order valence-electron chi connectivity index (χ0n) is 19.1. The molecule has 2 N–H and O–H groups in total. The van der Waals surface area contributed by atoms with Gasteiger partial charge in [-0.05, 0) is 53.9 Å². The number of carbonyl (C=O) groups is 1. The molecule has 0 bridgehead atoms. The fourth-order valence-corrected chi connectivity index (χ4v) is 3.85. The molecule has 0 aliphatic heterocycles. The summed E-state index contributed by atoms with van der Waals surface area (Å²) in [5.74, 6) is -2.75. The van der Waals surface area contributed by atoms with Crippen LogP contribution in [0.3, 0.4) is 0 Å². The lowest BCUT2D eigenvalue weighted by molar-refractivity contribution is 0.0175.